The van der Waals surface area contributed by atoms with E-state index in [-0.39, 0.29) is 6.71 Å². The Balaban J connectivity index is 1.31. The minimum atomic E-state index is -0.0184. The second-order valence-electron chi connectivity index (χ2n) is 12.2. The maximum absolute atomic E-state index is 4.79. The second kappa shape index (κ2) is 10.8. The van der Waals surface area contributed by atoms with E-state index in [1.54, 1.807) is 0 Å². The molecule has 9 aromatic rings. The largest absolute Gasteiger partial charge is 0.292 e. The van der Waals surface area contributed by atoms with Gasteiger partial charge in [-0.25, -0.2) is 9.97 Å². The van der Waals surface area contributed by atoms with Gasteiger partial charge in [0.25, 0.3) is 0 Å². The molecule has 0 aliphatic rings. The van der Waals surface area contributed by atoms with Gasteiger partial charge in [-0.05, 0) is 73.5 Å². The highest BCUT2D eigenvalue weighted by Crippen LogP contribution is 2.32. The fourth-order valence-electron chi connectivity index (χ4n) is 7.13. The summed E-state index contributed by atoms with van der Waals surface area (Å²) in [6, 6.07) is 37.0. The molecule has 0 aliphatic heterocycles. The van der Waals surface area contributed by atoms with E-state index >= 15 is 0 Å². The molecule has 0 radical (unpaired) electrons. The van der Waals surface area contributed by atoms with E-state index in [2.05, 4.69) is 124 Å². The van der Waals surface area contributed by atoms with Crippen molar-refractivity contribution in [1.29, 1.82) is 0 Å². The normalized spacial score (nSPS) is 11.6. The van der Waals surface area contributed by atoms with Crippen LogP contribution in [0.4, 0.5) is 0 Å². The fraction of sp³-hybridized carbons (Fsp3) is 0.0500. The lowest BCUT2D eigenvalue weighted by molar-refractivity contribution is 1.07. The first-order chi connectivity index (χ1) is 23.1. The summed E-state index contributed by atoms with van der Waals surface area (Å²) in [6.45, 7) is 4.19. The minimum Gasteiger partial charge on any atom is -0.292 e. The second-order valence-corrected chi connectivity index (χ2v) is 12.2. The predicted molar refractivity (Wildman–Crippen MR) is 193 cm³/mol. The van der Waals surface area contributed by atoms with Crippen LogP contribution in [-0.4, -0.2) is 35.8 Å². The van der Waals surface area contributed by atoms with Crippen LogP contribution in [0.3, 0.4) is 0 Å². The molecule has 0 spiro atoms. The van der Waals surface area contributed by atoms with Crippen molar-refractivity contribution < 1.29 is 0 Å². The highest BCUT2D eigenvalue weighted by molar-refractivity contribution is 6.95. The number of pyridine rings is 4. The molecule has 6 aromatic heterocycles. The summed E-state index contributed by atoms with van der Waals surface area (Å²) in [4.78, 5) is 18.6. The Morgan fingerprint density at radius 2 is 0.936 bits per heavy atom. The molecule has 6 heterocycles. The lowest BCUT2D eigenvalue weighted by Gasteiger charge is -2.17. The molecule has 0 aliphatic carbocycles. The zero-order valence-electron chi connectivity index (χ0n) is 26.0. The summed E-state index contributed by atoms with van der Waals surface area (Å²) in [5.41, 5.74) is 10.2. The Hall–Kier alpha value is -6.08. The zero-order valence-corrected chi connectivity index (χ0v) is 26.0. The van der Waals surface area contributed by atoms with Crippen molar-refractivity contribution >= 4 is 66.7 Å². The van der Waals surface area contributed by atoms with Gasteiger partial charge in [-0.15, -0.1) is 0 Å². The van der Waals surface area contributed by atoms with Crippen LogP contribution in [0.5, 0.6) is 0 Å². The summed E-state index contributed by atoms with van der Waals surface area (Å²) in [5.74, 6) is 1.77. The molecule has 0 N–H and O–H groups in total. The van der Waals surface area contributed by atoms with Crippen LogP contribution < -0.4 is 16.4 Å². The summed E-state index contributed by atoms with van der Waals surface area (Å²) in [6.07, 6.45) is 11.4. The van der Waals surface area contributed by atoms with Crippen LogP contribution in [0.1, 0.15) is 11.1 Å². The average molecular weight is 605 g/mol. The molecule has 0 bridgehead atoms. The molecule has 47 heavy (non-hydrogen) atoms. The van der Waals surface area contributed by atoms with E-state index < -0.39 is 0 Å². The van der Waals surface area contributed by atoms with Crippen molar-refractivity contribution in [3.05, 3.63) is 151 Å². The molecule has 3 aromatic carbocycles. The van der Waals surface area contributed by atoms with E-state index in [4.69, 9.17) is 9.97 Å². The lowest BCUT2D eigenvalue weighted by Crippen LogP contribution is -2.52. The molecule has 0 saturated heterocycles. The Kier molecular flexibility index (Phi) is 6.25. The quantitative estimate of drug-likeness (QED) is 0.208. The number of nitrogens with zero attached hydrogens (tertiary/aromatic N) is 6. The predicted octanol–water partition coefficient (Wildman–Crippen LogP) is 6.59. The number of aryl methyl sites for hydroxylation is 2. The van der Waals surface area contributed by atoms with Crippen molar-refractivity contribution in [3.8, 4) is 11.6 Å². The van der Waals surface area contributed by atoms with Crippen molar-refractivity contribution in [3.63, 3.8) is 0 Å². The van der Waals surface area contributed by atoms with Gasteiger partial charge < -0.3 is 0 Å². The van der Waals surface area contributed by atoms with Crippen LogP contribution >= 0.6 is 0 Å². The highest BCUT2D eigenvalue weighted by Gasteiger charge is 2.25. The number of hydrogen-bond acceptors (Lipinski definition) is 4. The molecule has 0 atom stereocenters. The number of rotatable bonds is 5. The van der Waals surface area contributed by atoms with Crippen LogP contribution in [0, 0.1) is 13.8 Å². The fourth-order valence-corrected chi connectivity index (χ4v) is 7.13. The third kappa shape index (κ3) is 4.42. The molecule has 0 unspecified atom stereocenters. The SMILES string of the molecule is Cc1ccnc(-n2c3cnccc3c3ccc(B(c4ccccc4)c4ccc5c6ccncc6n(-c6cc(C)ccn6)c5c4)cc32)c1. The van der Waals surface area contributed by atoms with E-state index in [9.17, 15) is 0 Å². The minimum absolute atomic E-state index is 0.0184. The summed E-state index contributed by atoms with van der Waals surface area (Å²) >= 11 is 0. The van der Waals surface area contributed by atoms with Gasteiger partial charge in [0.2, 0.25) is 6.71 Å². The van der Waals surface area contributed by atoms with Crippen molar-refractivity contribution in [2.24, 2.45) is 0 Å². The number of hydrogen-bond donors (Lipinski definition) is 0. The highest BCUT2D eigenvalue weighted by atomic mass is 15.1. The Bertz CT molecular complexity index is 2460. The third-order valence-electron chi connectivity index (χ3n) is 9.25. The third-order valence-corrected chi connectivity index (χ3v) is 9.25. The monoisotopic (exact) mass is 604 g/mol. The van der Waals surface area contributed by atoms with Crippen molar-refractivity contribution in [1.82, 2.24) is 29.1 Å². The van der Waals surface area contributed by atoms with Crippen LogP contribution in [0.2, 0.25) is 0 Å². The molecule has 222 valence electrons. The average Bonchev–Trinajstić information content (AvgIpc) is 3.61. The van der Waals surface area contributed by atoms with Gasteiger partial charge in [0.15, 0.2) is 0 Å². The molecule has 6 nitrogen and oxygen atoms in total. The Morgan fingerprint density at radius 1 is 0.447 bits per heavy atom. The van der Waals surface area contributed by atoms with Gasteiger partial charge in [0.1, 0.15) is 11.6 Å². The number of fused-ring (bicyclic) bond motifs is 6. The van der Waals surface area contributed by atoms with E-state index in [0.717, 1.165) is 55.6 Å². The van der Waals surface area contributed by atoms with Gasteiger partial charge in [0, 0.05) is 46.3 Å². The van der Waals surface area contributed by atoms with Crippen molar-refractivity contribution in [2.45, 2.75) is 13.8 Å². The van der Waals surface area contributed by atoms with E-state index in [1.165, 1.54) is 27.2 Å². The lowest BCUT2D eigenvalue weighted by atomic mass is 9.37. The molecule has 0 saturated carbocycles. The van der Waals surface area contributed by atoms with Crippen LogP contribution in [-0.2, 0) is 0 Å². The van der Waals surface area contributed by atoms with Gasteiger partial charge in [-0.3, -0.25) is 19.1 Å². The summed E-state index contributed by atoms with van der Waals surface area (Å²) < 4.78 is 4.49. The van der Waals surface area contributed by atoms with Crippen LogP contribution in [0.15, 0.2) is 140 Å². The topological polar surface area (TPSA) is 61.4 Å². The standard InChI is InChI=1S/C40H29BN6/c1-26-12-18-44-39(20-26)46-35-22-29(8-10-31(35)33-14-16-42-24-37(33)46)41(28-6-4-3-5-7-28)30-9-11-32-34-15-17-43-25-38(34)47(36(32)23-30)40-21-27(2)13-19-45-40/h3-25H,1-2H3. The molecule has 7 heteroatoms. The van der Waals surface area contributed by atoms with Gasteiger partial charge >= 0.3 is 0 Å². The Morgan fingerprint density at radius 3 is 1.43 bits per heavy atom. The Labute approximate surface area is 272 Å². The smallest absolute Gasteiger partial charge is 0.241 e. The number of aromatic nitrogens is 6. The van der Waals surface area contributed by atoms with E-state index in [1.807, 2.05) is 49.3 Å². The first-order valence-corrected chi connectivity index (χ1v) is 15.8. The van der Waals surface area contributed by atoms with Gasteiger partial charge in [-0.2, -0.15) is 0 Å². The van der Waals surface area contributed by atoms with Crippen molar-refractivity contribution in [2.75, 3.05) is 0 Å². The van der Waals surface area contributed by atoms with Gasteiger partial charge in [-0.1, -0.05) is 71.0 Å². The first kappa shape index (κ1) is 27.3. The molecule has 9 rings (SSSR count). The zero-order chi connectivity index (χ0) is 31.5. The summed E-state index contributed by atoms with van der Waals surface area (Å²) in [5, 5.41) is 4.67. The van der Waals surface area contributed by atoms with E-state index in [0.29, 0.717) is 0 Å². The molecular formula is C40H29BN6. The van der Waals surface area contributed by atoms with Gasteiger partial charge in [0.05, 0.1) is 34.5 Å². The first-order valence-electron chi connectivity index (χ1n) is 15.8. The molecule has 0 amide bonds. The maximum Gasteiger partial charge on any atom is 0.241 e. The number of benzene rings is 3. The maximum atomic E-state index is 4.79. The van der Waals surface area contributed by atoms with Crippen LogP contribution in [0.25, 0.3) is 55.2 Å². The molecular weight excluding hydrogens is 575 g/mol. The molecule has 0 fully saturated rings. The summed E-state index contributed by atoms with van der Waals surface area (Å²) in [7, 11) is 0.